The van der Waals surface area contributed by atoms with Crippen molar-refractivity contribution in [3.8, 4) is 0 Å². The highest BCUT2D eigenvalue weighted by molar-refractivity contribution is 9.09. The van der Waals surface area contributed by atoms with Crippen LogP contribution in [0, 0.1) is 0 Å². The van der Waals surface area contributed by atoms with Gasteiger partial charge in [-0.3, -0.25) is 0 Å². The lowest BCUT2D eigenvalue weighted by Gasteiger charge is -1.94. The fourth-order valence-corrected chi connectivity index (χ4v) is 1.29. The Balaban J connectivity index is 3.33. The van der Waals surface area contributed by atoms with E-state index >= 15 is 0 Å². The van der Waals surface area contributed by atoms with Crippen molar-refractivity contribution in [2.45, 2.75) is 32.6 Å². The normalized spacial score (nSPS) is 11.3. The first-order valence-corrected chi connectivity index (χ1v) is 6.47. The molecule has 0 aliphatic carbocycles. The van der Waals surface area contributed by atoms with Crippen LogP contribution in [-0.2, 0) is 9.53 Å². The van der Waals surface area contributed by atoms with Crippen molar-refractivity contribution in [2.24, 2.45) is 0 Å². The molecule has 2 nitrogen and oxygen atoms in total. The van der Waals surface area contributed by atoms with Crippen molar-refractivity contribution < 1.29 is 9.53 Å². The molecule has 0 fully saturated rings. The summed E-state index contributed by atoms with van der Waals surface area (Å²) in [4.78, 5) is 10.9. The fourth-order valence-electron chi connectivity index (χ4n) is 1.02. The summed E-state index contributed by atoms with van der Waals surface area (Å²) < 4.78 is 4.76. The molecule has 0 atom stereocenters. The zero-order valence-corrected chi connectivity index (χ0v) is 10.8. The van der Waals surface area contributed by atoms with Gasteiger partial charge in [0, 0.05) is 11.4 Å². The number of unbranched alkanes of at least 4 members (excludes halogenated alkanes) is 2. The number of carbonyl (C=O) groups is 1. The van der Waals surface area contributed by atoms with Gasteiger partial charge in [0.05, 0.1) is 6.61 Å². The summed E-state index contributed by atoms with van der Waals surface area (Å²) in [6.07, 6.45) is 11.9. The number of alkyl halides is 1. The molecule has 15 heavy (non-hydrogen) atoms. The molecule has 0 radical (unpaired) electrons. The van der Waals surface area contributed by atoms with Gasteiger partial charge in [0.15, 0.2) is 0 Å². The molecule has 86 valence electrons. The molecule has 0 aromatic carbocycles. The molecule has 0 spiro atoms. The monoisotopic (exact) mass is 274 g/mol. The maximum atomic E-state index is 10.9. The van der Waals surface area contributed by atoms with Crippen molar-refractivity contribution in [1.29, 1.82) is 0 Å². The smallest absolute Gasteiger partial charge is 0.330 e. The molecule has 0 bridgehead atoms. The van der Waals surface area contributed by atoms with Gasteiger partial charge in [0.25, 0.3) is 0 Å². The average Bonchev–Trinajstić information content (AvgIpc) is 2.22. The summed E-state index contributed by atoms with van der Waals surface area (Å²) >= 11 is 3.36. The molecule has 0 unspecified atom stereocenters. The van der Waals surface area contributed by atoms with Crippen LogP contribution in [0.4, 0.5) is 0 Å². The minimum atomic E-state index is -0.243. The standard InChI is InChI=1S/C12H19BrO2/c1-2-15-12(14)10-8-6-4-3-5-7-9-11-13/h5,7-8,10H,2-4,6,9,11H2,1H3/b7-5+,10-8+. The van der Waals surface area contributed by atoms with E-state index in [1.165, 1.54) is 6.08 Å². The molecule has 0 amide bonds. The Labute approximate surface area is 101 Å². The van der Waals surface area contributed by atoms with Gasteiger partial charge in [0.2, 0.25) is 0 Å². The minimum Gasteiger partial charge on any atom is -0.463 e. The van der Waals surface area contributed by atoms with Crippen LogP contribution in [0.15, 0.2) is 24.3 Å². The lowest BCUT2D eigenvalue weighted by Crippen LogP contribution is -1.98. The maximum absolute atomic E-state index is 10.9. The molecular formula is C12H19BrO2. The van der Waals surface area contributed by atoms with Gasteiger partial charge in [-0.2, -0.15) is 0 Å². The number of hydrogen-bond acceptors (Lipinski definition) is 2. The van der Waals surface area contributed by atoms with E-state index in [9.17, 15) is 4.79 Å². The van der Waals surface area contributed by atoms with E-state index in [-0.39, 0.29) is 5.97 Å². The molecule has 3 heteroatoms. The van der Waals surface area contributed by atoms with Crippen LogP contribution in [0.3, 0.4) is 0 Å². The zero-order chi connectivity index (χ0) is 11.4. The number of rotatable bonds is 8. The molecule has 0 saturated heterocycles. The number of ether oxygens (including phenoxy) is 1. The van der Waals surface area contributed by atoms with Crippen molar-refractivity contribution in [2.75, 3.05) is 11.9 Å². The van der Waals surface area contributed by atoms with E-state index in [0.717, 1.165) is 31.0 Å². The molecular weight excluding hydrogens is 256 g/mol. The number of esters is 1. The second-order valence-corrected chi connectivity index (χ2v) is 3.83. The number of allylic oxidation sites excluding steroid dienone is 3. The molecule has 0 rings (SSSR count). The van der Waals surface area contributed by atoms with Gasteiger partial charge in [-0.25, -0.2) is 4.79 Å². The molecule has 0 aliphatic rings. The highest BCUT2D eigenvalue weighted by Gasteiger charge is 1.91. The Morgan fingerprint density at radius 2 is 1.87 bits per heavy atom. The topological polar surface area (TPSA) is 26.3 Å². The molecule has 0 aromatic heterocycles. The lowest BCUT2D eigenvalue weighted by molar-refractivity contribution is -0.137. The zero-order valence-electron chi connectivity index (χ0n) is 9.25. The van der Waals surface area contributed by atoms with Crippen molar-refractivity contribution >= 4 is 21.9 Å². The van der Waals surface area contributed by atoms with E-state index in [2.05, 4.69) is 28.1 Å². The van der Waals surface area contributed by atoms with Crippen molar-refractivity contribution in [3.05, 3.63) is 24.3 Å². The molecule has 0 aromatic rings. The number of halogens is 1. The van der Waals surface area contributed by atoms with Gasteiger partial charge < -0.3 is 4.74 Å². The van der Waals surface area contributed by atoms with E-state index in [4.69, 9.17) is 4.74 Å². The number of hydrogen-bond donors (Lipinski definition) is 0. The first-order valence-electron chi connectivity index (χ1n) is 5.35. The van der Waals surface area contributed by atoms with Gasteiger partial charge in [-0.05, 0) is 32.6 Å². The van der Waals surface area contributed by atoms with Crippen LogP contribution in [0.25, 0.3) is 0 Å². The van der Waals surface area contributed by atoms with Crippen LogP contribution < -0.4 is 0 Å². The third kappa shape index (κ3) is 11.4. The van der Waals surface area contributed by atoms with E-state index in [0.29, 0.717) is 6.61 Å². The maximum Gasteiger partial charge on any atom is 0.330 e. The van der Waals surface area contributed by atoms with Crippen LogP contribution >= 0.6 is 15.9 Å². The van der Waals surface area contributed by atoms with E-state index in [1.54, 1.807) is 6.92 Å². The number of carbonyl (C=O) groups excluding carboxylic acids is 1. The Kier molecular flexibility index (Phi) is 11.1. The minimum absolute atomic E-state index is 0.243. The van der Waals surface area contributed by atoms with Gasteiger partial charge >= 0.3 is 5.97 Å². The van der Waals surface area contributed by atoms with Crippen molar-refractivity contribution in [1.82, 2.24) is 0 Å². The fraction of sp³-hybridized carbons (Fsp3) is 0.583. The van der Waals surface area contributed by atoms with Crippen LogP contribution in [0.1, 0.15) is 32.6 Å². The average molecular weight is 275 g/mol. The highest BCUT2D eigenvalue weighted by atomic mass is 79.9. The molecule has 0 aliphatic heterocycles. The van der Waals surface area contributed by atoms with Gasteiger partial charge in [-0.1, -0.05) is 34.2 Å². The van der Waals surface area contributed by atoms with Gasteiger partial charge in [0.1, 0.15) is 0 Å². The SMILES string of the molecule is CCOC(=O)/C=C/CCC/C=C/CCBr. The summed E-state index contributed by atoms with van der Waals surface area (Å²) in [5.74, 6) is -0.243. The van der Waals surface area contributed by atoms with Crippen LogP contribution in [-0.4, -0.2) is 17.9 Å². The predicted molar refractivity (Wildman–Crippen MR) is 67.2 cm³/mol. The third-order valence-corrected chi connectivity index (χ3v) is 2.18. The summed E-state index contributed by atoms with van der Waals surface area (Å²) in [7, 11) is 0. The second-order valence-electron chi connectivity index (χ2n) is 3.03. The third-order valence-electron chi connectivity index (χ3n) is 1.72. The Bertz CT molecular complexity index is 210. The molecule has 0 N–H and O–H groups in total. The highest BCUT2D eigenvalue weighted by Crippen LogP contribution is 1.99. The largest absolute Gasteiger partial charge is 0.463 e. The van der Waals surface area contributed by atoms with Crippen molar-refractivity contribution in [3.63, 3.8) is 0 Å². The summed E-state index contributed by atoms with van der Waals surface area (Å²) in [6.45, 7) is 2.25. The van der Waals surface area contributed by atoms with Gasteiger partial charge in [-0.15, -0.1) is 0 Å². The summed E-state index contributed by atoms with van der Waals surface area (Å²) in [5.41, 5.74) is 0. The Morgan fingerprint density at radius 3 is 2.53 bits per heavy atom. The Hall–Kier alpha value is -0.570. The first-order chi connectivity index (χ1) is 7.31. The van der Waals surface area contributed by atoms with Crippen LogP contribution in [0.2, 0.25) is 0 Å². The van der Waals surface area contributed by atoms with E-state index < -0.39 is 0 Å². The summed E-state index contributed by atoms with van der Waals surface area (Å²) in [6, 6.07) is 0. The predicted octanol–water partition coefficient (Wildman–Crippen LogP) is 3.62. The molecule has 0 heterocycles. The van der Waals surface area contributed by atoms with Crippen LogP contribution in [0.5, 0.6) is 0 Å². The van der Waals surface area contributed by atoms with E-state index in [1.807, 2.05) is 6.08 Å². The second kappa shape index (κ2) is 11.5. The quantitative estimate of drug-likeness (QED) is 0.222. The Morgan fingerprint density at radius 1 is 1.20 bits per heavy atom. The summed E-state index contributed by atoms with van der Waals surface area (Å²) in [5, 5.41) is 1.02. The lowest BCUT2D eigenvalue weighted by atomic mass is 10.2. The first kappa shape index (κ1) is 14.4. The molecule has 0 saturated carbocycles.